The Morgan fingerprint density at radius 3 is 2.56 bits per heavy atom. The molecule has 0 saturated heterocycles. The summed E-state index contributed by atoms with van der Waals surface area (Å²) in [6, 6.07) is 8.63. The molecule has 0 saturated carbocycles. The number of nitro groups is 1. The first-order chi connectivity index (χ1) is 7.65. The number of hydrogen-bond donors (Lipinski definition) is 0. The van der Waals surface area contributed by atoms with Crippen molar-refractivity contribution in [2.45, 2.75) is 6.54 Å². The van der Waals surface area contributed by atoms with Crippen molar-refractivity contribution >= 4 is 17.4 Å². The van der Waals surface area contributed by atoms with E-state index in [0.29, 0.717) is 11.6 Å². The summed E-state index contributed by atoms with van der Waals surface area (Å²) < 4.78 is 1.52. The van der Waals surface area contributed by atoms with Crippen LogP contribution < -0.4 is 0 Å². The number of aromatic nitrogens is 2. The van der Waals surface area contributed by atoms with E-state index in [-0.39, 0.29) is 5.82 Å². The Morgan fingerprint density at radius 1 is 1.31 bits per heavy atom. The summed E-state index contributed by atoms with van der Waals surface area (Å²) in [6.45, 7) is 0.491. The van der Waals surface area contributed by atoms with Crippen LogP contribution in [0.15, 0.2) is 36.5 Å². The first-order valence-electron chi connectivity index (χ1n) is 4.57. The standard InChI is InChI=1S/C10H8ClN3O2/c11-9-3-1-8(2-4-9)7-13-6-5-10(12-13)14(15)16/h1-6H,7H2. The third kappa shape index (κ3) is 2.38. The molecule has 0 fully saturated rings. The molecule has 1 heterocycles. The molecule has 2 aromatic rings. The van der Waals surface area contributed by atoms with Crippen molar-refractivity contribution in [3.8, 4) is 0 Å². The van der Waals surface area contributed by atoms with Gasteiger partial charge in [-0.2, -0.15) is 4.68 Å². The summed E-state index contributed by atoms with van der Waals surface area (Å²) in [5.41, 5.74) is 0.988. The Labute approximate surface area is 96.4 Å². The van der Waals surface area contributed by atoms with Crippen molar-refractivity contribution in [2.24, 2.45) is 0 Å². The van der Waals surface area contributed by atoms with E-state index in [1.807, 2.05) is 12.1 Å². The van der Waals surface area contributed by atoms with Crippen LogP contribution in [0.2, 0.25) is 5.02 Å². The molecule has 0 aliphatic carbocycles. The molecule has 0 radical (unpaired) electrons. The Balaban J connectivity index is 2.14. The molecule has 82 valence electrons. The second-order valence-corrected chi connectivity index (χ2v) is 3.69. The fraction of sp³-hybridized carbons (Fsp3) is 0.100. The zero-order valence-corrected chi connectivity index (χ0v) is 8.96. The third-order valence-electron chi connectivity index (χ3n) is 2.07. The summed E-state index contributed by atoms with van der Waals surface area (Å²) in [4.78, 5) is 9.91. The van der Waals surface area contributed by atoms with E-state index >= 15 is 0 Å². The van der Waals surface area contributed by atoms with Crippen LogP contribution in [0.5, 0.6) is 0 Å². The summed E-state index contributed by atoms with van der Waals surface area (Å²) in [5, 5.41) is 14.9. The first kappa shape index (κ1) is 10.6. The molecule has 1 aromatic heterocycles. The van der Waals surface area contributed by atoms with Gasteiger partial charge in [0.15, 0.2) is 0 Å². The van der Waals surface area contributed by atoms with E-state index in [1.165, 1.54) is 10.7 Å². The van der Waals surface area contributed by atoms with Crippen LogP contribution in [0, 0.1) is 10.1 Å². The molecule has 0 amide bonds. The molecule has 0 aliphatic rings. The minimum Gasteiger partial charge on any atom is -0.358 e. The maximum atomic E-state index is 10.4. The van der Waals surface area contributed by atoms with Gasteiger partial charge in [0.2, 0.25) is 0 Å². The van der Waals surface area contributed by atoms with Gasteiger partial charge in [-0.3, -0.25) is 0 Å². The summed E-state index contributed by atoms with van der Waals surface area (Å²) in [6.07, 6.45) is 1.58. The highest BCUT2D eigenvalue weighted by molar-refractivity contribution is 6.30. The molecule has 16 heavy (non-hydrogen) atoms. The normalized spacial score (nSPS) is 10.3. The largest absolute Gasteiger partial charge is 0.389 e. The Morgan fingerprint density at radius 2 is 2.00 bits per heavy atom. The summed E-state index contributed by atoms with van der Waals surface area (Å²) in [5.74, 6) is -0.144. The van der Waals surface area contributed by atoms with Gasteiger partial charge >= 0.3 is 5.82 Å². The topological polar surface area (TPSA) is 61.0 Å². The highest BCUT2D eigenvalue weighted by Gasteiger charge is 2.10. The molecule has 0 atom stereocenters. The zero-order chi connectivity index (χ0) is 11.5. The lowest BCUT2D eigenvalue weighted by atomic mass is 10.2. The number of halogens is 1. The maximum absolute atomic E-state index is 10.4. The predicted molar refractivity (Wildman–Crippen MR) is 59.4 cm³/mol. The summed E-state index contributed by atoms with van der Waals surface area (Å²) >= 11 is 5.75. The van der Waals surface area contributed by atoms with Gasteiger partial charge < -0.3 is 10.1 Å². The molecule has 0 N–H and O–H groups in total. The number of benzene rings is 1. The van der Waals surface area contributed by atoms with Crippen molar-refractivity contribution < 1.29 is 4.92 Å². The maximum Gasteiger partial charge on any atom is 0.389 e. The van der Waals surface area contributed by atoms with Crippen LogP contribution in [0.25, 0.3) is 0 Å². The van der Waals surface area contributed by atoms with Gasteiger partial charge in [-0.15, -0.1) is 0 Å². The van der Waals surface area contributed by atoms with Crippen LogP contribution in [0.4, 0.5) is 5.82 Å². The number of rotatable bonds is 3. The van der Waals surface area contributed by atoms with Crippen LogP contribution in [0.3, 0.4) is 0 Å². The van der Waals surface area contributed by atoms with Crippen molar-refractivity contribution in [1.29, 1.82) is 0 Å². The van der Waals surface area contributed by atoms with Crippen molar-refractivity contribution in [1.82, 2.24) is 9.78 Å². The van der Waals surface area contributed by atoms with E-state index in [9.17, 15) is 10.1 Å². The molecule has 0 spiro atoms. The van der Waals surface area contributed by atoms with Crippen LogP contribution >= 0.6 is 11.6 Å². The predicted octanol–water partition coefficient (Wildman–Crippen LogP) is 2.49. The third-order valence-corrected chi connectivity index (χ3v) is 2.32. The second-order valence-electron chi connectivity index (χ2n) is 3.26. The van der Waals surface area contributed by atoms with Gasteiger partial charge in [0.1, 0.15) is 0 Å². The lowest BCUT2D eigenvalue weighted by molar-refractivity contribution is -0.389. The molecule has 5 nitrogen and oxygen atoms in total. The minimum atomic E-state index is -0.516. The van der Waals surface area contributed by atoms with Crippen LogP contribution in [-0.4, -0.2) is 14.7 Å². The Hall–Kier alpha value is -1.88. The van der Waals surface area contributed by atoms with E-state index in [1.54, 1.807) is 18.3 Å². The molecule has 1 aromatic carbocycles. The van der Waals surface area contributed by atoms with E-state index in [2.05, 4.69) is 5.10 Å². The Kier molecular flexibility index (Phi) is 2.87. The van der Waals surface area contributed by atoms with Gasteiger partial charge in [-0.25, -0.2) is 0 Å². The zero-order valence-electron chi connectivity index (χ0n) is 8.21. The van der Waals surface area contributed by atoms with E-state index < -0.39 is 4.92 Å². The van der Waals surface area contributed by atoms with Crippen LogP contribution in [-0.2, 0) is 6.54 Å². The molecule has 0 aliphatic heterocycles. The average molecular weight is 238 g/mol. The van der Waals surface area contributed by atoms with E-state index in [0.717, 1.165) is 5.56 Å². The fourth-order valence-electron chi connectivity index (χ4n) is 1.31. The van der Waals surface area contributed by atoms with Crippen molar-refractivity contribution in [3.05, 3.63) is 57.2 Å². The van der Waals surface area contributed by atoms with Gasteiger partial charge in [0.05, 0.1) is 23.9 Å². The number of hydrogen-bond acceptors (Lipinski definition) is 3. The molecule has 6 heteroatoms. The Bertz CT molecular complexity index is 507. The van der Waals surface area contributed by atoms with Crippen molar-refractivity contribution in [3.63, 3.8) is 0 Å². The van der Waals surface area contributed by atoms with Gasteiger partial charge in [-0.1, -0.05) is 23.7 Å². The van der Waals surface area contributed by atoms with Gasteiger partial charge in [-0.05, 0) is 22.6 Å². The molecule has 0 unspecified atom stereocenters. The lowest BCUT2D eigenvalue weighted by Crippen LogP contribution is -2.00. The first-order valence-corrected chi connectivity index (χ1v) is 4.95. The highest BCUT2D eigenvalue weighted by Crippen LogP contribution is 2.12. The molecule has 0 bridgehead atoms. The van der Waals surface area contributed by atoms with Gasteiger partial charge in [0, 0.05) is 5.02 Å². The van der Waals surface area contributed by atoms with Crippen LogP contribution in [0.1, 0.15) is 5.56 Å². The van der Waals surface area contributed by atoms with E-state index in [4.69, 9.17) is 11.6 Å². The highest BCUT2D eigenvalue weighted by atomic mass is 35.5. The molecule has 2 rings (SSSR count). The lowest BCUT2D eigenvalue weighted by Gasteiger charge is -1.98. The summed E-state index contributed by atoms with van der Waals surface area (Å²) in [7, 11) is 0. The monoisotopic (exact) mass is 237 g/mol. The fourth-order valence-corrected chi connectivity index (χ4v) is 1.44. The molecular formula is C10H8ClN3O2. The SMILES string of the molecule is O=[N+]([O-])c1ccn(Cc2ccc(Cl)cc2)n1. The molecular weight excluding hydrogens is 230 g/mol. The number of nitrogens with zero attached hydrogens (tertiary/aromatic N) is 3. The minimum absolute atomic E-state index is 0.144. The van der Waals surface area contributed by atoms with Crippen molar-refractivity contribution in [2.75, 3.05) is 0 Å². The average Bonchev–Trinajstić information content (AvgIpc) is 2.70. The smallest absolute Gasteiger partial charge is 0.358 e. The second kappa shape index (κ2) is 4.32. The van der Waals surface area contributed by atoms with Gasteiger partial charge in [0.25, 0.3) is 0 Å². The quantitative estimate of drug-likeness (QED) is 0.609.